The van der Waals surface area contributed by atoms with E-state index in [1.54, 1.807) is 30.3 Å². The topological polar surface area (TPSA) is 79.3 Å². The molecule has 0 spiro atoms. The average molecular weight is 321 g/mol. The normalized spacial score (nSPS) is 10.2. The predicted octanol–water partition coefficient (Wildman–Crippen LogP) is 3.02. The molecule has 0 atom stereocenters. The molecule has 0 aliphatic heterocycles. The van der Waals surface area contributed by atoms with Gasteiger partial charge in [0.25, 0.3) is 0 Å². The van der Waals surface area contributed by atoms with Crippen LogP contribution in [0.1, 0.15) is 11.1 Å². The molecular formula is C14H13BrN2O2. The Hall–Kier alpha value is -1.85. The van der Waals surface area contributed by atoms with Gasteiger partial charge in [0, 0.05) is 15.6 Å². The largest absolute Gasteiger partial charge is 0.457 e. The highest BCUT2D eigenvalue weighted by Gasteiger charge is 2.07. The van der Waals surface area contributed by atoms with E-state index in [1.165, 1.54) is 0 Å². The molecule has 0 aliphatic rings. The lowest BCUT2D eigenvalue weighted by molar-refractivity contribution is 0.276. The first-order chi connectivity index (χ1) is 9.11. The molecule has 0 unspecified atom stereocenters. The summed E-state index contributed by atoms with van der Waals surface area (Å²) in [5.41, 5.74) is 6.77. The van der Waals surface area contributed by atoms with E-state index < -0.39 is 0 Å². The summed E-state index contributed by atoms with van der Waals surface area (Å²) < 4.78 is 6.41. The summed E-state index contributed by atoms with van der Waals surface area (Å²) in [6.45, 7) is -0.0805. The van der Waals surface area contributed by atoms with Gasteiger partial charge in [0.05, 0.1) is 6.61 Å². The summed E-state index contributed by atoms with van der Waals surface area (Å²) in [5.74, 6) is 1.21. The van der Waals surface area contributed by atoms with Crippen LogP contribution >= 0.6 is 15.9 Å². The monoisotopic (exact) mass is 320 g/mol. The fourth-order valence-electron chi connectivity index (χ4n) is 1.64. The number of ether oxygens (including phenoxy) is 1. The summed E-state index contributed by atoms with van der Waals surface area (Å²) in [6.07, 6.45) is 0. The number of nitrogens with one attached hydrogen (secondary N) is 1. The van der Waals surface area contributed by atoms with E-state index >= 15 is 0 Å². The van der Waals surface area contributed by atoms with E-state index in [1.807, 2.05) is 12.1 Å². The van der Waals surface area contributed by atoms with Crippen LogP contribution in [0.3, 0.4) is 0 Å². The number of para-hydroxylation sites is 1. The third-order valence-electron chi connectivity index (χ3n) is 2.60. The van der Waals surface area contributed by atoms with Crippen LogP contribution in [0.25, 0.3) is 0 Å². The van der Waals surface area contributed by atoms with Gasteiger partial charge in [-0.05, 0) is 40.2 Å². The zero-order valence-electron chi connectivity index (χ0n) is 10.1. The van der Waals surface area contributed by atoms with Crippen molar-refractivity contribution in [1.29, 1.82) is 5.41 Å². The van der Waals surface area contributed by atoms with Gasteiger partial charge < -0.3 is 15.6 Å². The molecule has 0 radical (unpaired) electrons. The van der Waals surface area contributed by atoms with Crippen LogP contribution in [0.5, 0.6) is 11.5 Å². The molecule has 5 heteroatoms. The summed E-state index contributed by atoms with van der Waals surface area (Å²) in [4.78, 5) is 0. The van der Waals surface area contributed by atoms with E-state index in [0.717, 1.165) is 0 Å². The Balaban J connectivity index is 2.29. The van der Waals surface area contributed by atoms with Crippen LogP contribution < -0.4 is 10.5 Å². The third kappa shape index (κ3) is 3.13. The standard InChI is InChI=1S/C14H13BrN2O2/c15-12-7-10(5-6-11(12)14(16)17)19-13-4-2-1-3-9(13)8-18/h1-7,18H,8H2,(H3,16,17). The maximum absolute atomic E-state index is 9.23. The van der Waals surface area contributed by atoms with Gasteiger partial charge in [0.1, 0.15) is 17.3 Å². The van der Waals surface area contributed by atoms with E-state index in [2.05, 4.69) is 15.9 Å². The second-order valence-electron chi connectivity index (χ2n) is 3.92. The van der Waals surface area contributed by atoms with Crippen LogP contribution in [0, 0.1) is 5.41 Å². The fraction of sp³-hybridized carbons (Fsp3) is 0.0714. The first-order valence-corrected chi connectivity index (χ1v) is 6.41. The molecule has 2 rings (SSSR count). The molecule has 0 bridgehead atoms. The molecule has 0 saturated carbocycles. The molecule has 0 fully saturated rings. The Morgan fingerprint density at radius 2 is 2.00 bits per heavy atom. The van der Waals surface area contributed by atoms with E-state index in [0.29, 0.717) is 27.1 Å². The number of nitrogens with two attached hydrogens (primary N) is 1. The smallest absolute Gasteiger partial charge is 0.132 e. The molecule has 0 saturated heterocycles. The highest BCUT2D eigenvalue weighted by Crippen LogP contribution is 2.29. The SMILES string of the molecule is N=C(N)c1ccc(Oc2ccccc2CO)cc1Br. The molecular weight excluding hydrogens is 308 g/mol. The first kappa shape index (κ1) is 13.6. The molecule has 98 valence electrons. The molecule has 4 N–H and O–H groups in total. The van der Waals surface area contributed by atoms with Crippen LogP contribution in [0.15, 0.2) is 46.9 Å². The molecule has 19 heavy (non-hydrogen) atoms. The van der Waals surface area contributed by atoms with Gasteiger partial charge in [0.15, 0.2) is 0 Å². The van der Waals surface area contributed by atoms with Crippen molar-refractivity contribution in [3.8, 4) is 11.5 Å². The minimum atomic E-state index is -0.0805. The lowest BCUT2D eigenvalue weighted by atomic mass is 10.2. The minimum absolute atomic E-state index is 0.00539. The van der Waals surface area contributed by atoms with E-state index in [9.17, 15) is 5.11 Å². The van der Waals surface area contributed by atoms with Crippen molar-refractivity contribution >= 4 is 21.8 Å². The van der Waals surface area contributed by atoms with Crippen molar-refractivity contribution in [3.63, 3.8) is 0 Å². The number of aliphatic hydroxyl groups is 1. The lowest BCUT2D eigenvalue weighted by Crippen LogP contribution is -2.11. The van der Waals surface area contributed by atoms with Crippen molar-refractivity contribution in [2.24, 2.45) is 5.73 Å². The maximum atomic E-state index is 9.23. The zero-order valence-corrected chi connectivity index (χ0v) is 11.6. The maximum Gasteiger partial charge on any atom is 0.132 e. The third-order valence-corrected chi connectivity index (χ3v) is 3.26. The van der Waals surface area contributed by atoms with Crippen LogP contribution in [0.4, 0.5) is 0 Å². The lowest BCUT2D eigenvalue weighted by Gasteiger charge is -2.11. The quantitative estimate of drug-likeness (QED) is 0.598. The molecule has 0 amide bonds. The second kappa shape index (κ2) is 5.86. The predicted molar refractivity (Wildman–Crippen MR) is 77.6 cm³/mol. The van der Waals surface area contributed by atoms with Gasteiger partial charge in [-0.25, -0.2) is 0 Å². The number of hydrogen-bond acceptors (Lipinski definition) is 3. The fourth-order valence-corrected chi connectivity index (χ4v) is 2.21. The minimum Gasteiger partial charge on any atom is -0.457 e. The Morgan fingerprint density at radius 1 is 1.26 bits per heavy atom. The number of aliphatic hydroxyl groups excluding tert-OH is 1. The Bertz CT molecular complexity index is 614. The Labute approximate surface area is 119 Å². The van der Waals surface area contributed by atoms with Crippen LogP contribution in [-0.4, -0.2) is 10.9 Å². The van der Waals surface area contributed by atoms with Gasteiger partial charge >= 0.3 is 0 Å². The highest BCUT2D eigenvalue weighted by atomic mass is 79.9. The number of hydrogen-bond donors (Lipinski definition) is 3. The Morgan fingerprint density at radius 3 is 2.63 bits per heavy atom. The van der Waals surface area contributed by atoms with Gasteiger partial charge in [0.2, 0.25) is 0 Å². The second-order valence-corrected chi connectivity index (χ2v) is 4.78. The molecule has 4 nitrogen and oxygen atoms in total. The van der Waals surface area contributed by atoms with Crippen molar-refractivity contribution < 1.29 is 9.84 Å². The summed E-state index contributed by atoms with van der Waals surface area (Å²) in [5, 5.41) is 16.6. The van der Waals surface area contributed by atoms with Gasteiger partial charge in [-0.15, -0.1) is 0 Å². The summed E-state index contributed by atoms with van der Waals surface area (Å²) >= 11 is 3.35. The van der Waals surface area contributed by atoms with Crippen LogP contribution in [0.2, 0.25) is 0 Å². The highest BCUT2D eigenvalue weighted by molar-refractivity contribution is 9.10. The number of benzene rings is 2. The van der Waals surface area contributed by atoms with Crippen molar-refractivity contribution in [2.75, 3.05) is 0 Å². The molecule has 2 aromatic rings. The number of nitrogen functional groups attached to an aromatic ring is 1. The van der Waals surface area contributed by atoms with E-state index in [-0.39, 0.29) is 12.4 Å². The number of rotatable bonds is 4. The molecule has 0 heterocycles. The molecule has 0 aromatic heterocycles. The van der Waals surface area contributed by atoms with Gasteiger partial charge in [-0.1, -0.05) is 18.2 Å². The summed E-state index contributed by atoms with van der Waals surface area (Å²) in [6, 6.07) is 12.5. The van der Waals surface area contributed by atoms with Gasteiger partial charge in [-0.3, -0.25) is 5.41 Å². The van der Waals surface area contributed by atoms with Crippen LogP contribution in [-0.2, 0) is 6.61 Å². The van der Waals surface area contributed by atoms with Crippen molar-refractivity contribution in [3.05, 3.63) is 58.1 Å². The summed E-state index contributed by atoms with van der Waals surface area (Å²) in [7, 11) is 0. The van der Waals surface area contributed by atoms with E-state index in [4.69, 9.17) is 15.9 Å². The zero-order chi connectivity index (χ0) is 13.8. The molecule has 0 aliphatic carbocycles. The van der Waals surface area contributed by atoms with Gasteiger partial charge in [-0.2, -0.15) is 0 Å². The molecule has 2 aromatic carbocycles. The number of halogens is 1. The van der Waals surface area contributed by atoms with Crippen molar-refractivity contribution in [2.45, 2.75) is 6.61 Å². The first-order valence-electron chi connectivity index (χ1n) is 5.62. The average Bonchev–Trinajstić information content (AvgIpc) is 2.39. The number of amidine groups is 1. The Kier molecular flexibility index (Phi) is 4.19. The van der Waals surface area contributed by atoms with Crippen molar-refractivity contribution in [1.82, 2.24) is 0 Å².